The Balaban J connectivity index is 1.95. The largest absolute Gasteiger partial charge is 0.372 e. The first-order valence-electron chi connectivity index (χ1n) is 6.87. The standard InChI is InChI=1S/C15H24N2/c1-2-4-13-7-9-17(10-8-13)15-6-3-5-14(11-15)12-16/h3,5-6,11,13H,2,4,7-10,12,16H2,1H3. The van der Waals surface area contributed by atoms with Crippen LogP contribution in [-0.4, -0.2) is 13.1 Å². The van der Waals surface area contributed by atoms with Gasteiger partial charge >= 0.3 is 0 Å². The molecule has 0 atom stereocenters. The Labute approximate surface area is 105 Å². The van der Waals surface area contributed by atoms with Crippen LogP contribution in [0.1, 0.15) is 38.2 Å². The fourth-order valence-corrected chi connectivity index (χ4v) is 2.77. The zero-order chi connectivity index (χ0) is 12.1. The summed E-state index contributed by atoms with van der Waals surface area (Å²) in [6, 6.07) is 8.67. The molecule has 0 aromatic heterocycles. The molecule has 1 aromatic carbocycles. The highest BCUT2D eigenvalue weighted by molar-refractivity contribution is 5.48. The van der Waals surface area contributed by atoms with Crippen molar-refractivity contribution in [1.29, 1.82) is 0 Å². The van der Waals surface area contributed by atoms with Crippen molar-refractivity contribution in [2.75, 3.05) is 18.0 Å². The third-order valence-electron chi connectivity index (χ3n) is 3.82. The monoisotopic (exact) mass is 232 g/mol. The summed E-state index contributed by atoms with van der Waals surface area (Å²) in [4.78, 5) is 2.51. The lowest BCUT2D eigenvalue weighted by Gasteiger charge is -2.33. The van der Waals surface area contributed by atoms with Crippen LogP contribution in [0.15, 0.2) is 24.3 Å². The van der Waals surface area contributed by atoms with Gasteiger partial charge in [-0.25, -0.2) is 0 Å². The minimum absolute atomic E-state index is 0.639. The SMILES string of the molecule is CCCC1CCN(c2cccc(CN)c2)CC1. The van der Waals surface area contributed by atoms with E-state index in [0.717, 1.165) is 5.92 Å². The second-order valence-electron chi connectivity index (χ2n) is 5.09. The van der Waals surface area contributed by atoms with Crippen molar-refractivity contribution in [1.82, 2.24) is 0 Å². The maximum atomic E-state index is 5.69. The number of rotatable bonds is 4. The Bertz CT molecular complexity index is 341. The lowest BCUT2D eigenvalue weighted by atomic mass is 9.92. The number of nitrogens with two attached hydrogens (primary N) is 1. The van der Waals surface area contributed by atoms with E-state index in [9.17, 15) is 0 Å². The molecule has 0 unspecified atom stereocenters. The molecule has 17 heavy (non-hydrogen) atoms. The summed E-state index contributed by atoms with van der Waals surface area (Å²) in [5, 5.41) is 0. The van der Waals surface area contributed by atoms with E-state index in [-0.39, 0.29) is 0 Å². The summed E-state index contributed by atoms with van der Waals surface area (Å²) in [6.45, 7) is 5.34. The van der Waals surface area contributed by atoms with Crippen LogP contribution in [0.25, 0.3) is 0 Å². The number of anilines is 1. The van der Waals surface area contributed by atoms with Gasteiger partial charge in [0.15, 0.2) is 0 Å². The first-order valence-corrected chi connectivity index (χ1v) is 6.87. The summed E-state index contributed by atoms with van der Waals surface area (Å²) < 4.78 is 0. The molecule has 0 bridgehead atoms. The van der Waals surface area contributed by atoms with Crippen molar-refractivity contribution in [2.24, 2.45) is 11.7 Å². The molecule has 94 valence electrons. The average Bonchev–Trinajstić information content (AvgIpc) is 2.40. The van der Waals surface area contributed by atoms with E-state index < -0.39 is 0 Å². The van der Waals surface area contributed by atoms with Crippen LogP contribution in [0.5, 0.6) is 0 Å². The van der Waals surface area contributed by atoms with Gasteiger partial charge in [0.25, 0.3) is 0 Å². The normalized spacial score (nSPS) is 17.4. The zero-order valence-corrected chi connectivity index (χ0v) is 10.9. The Hall–Kier alpha value is -1.02. The predicted molar refractivity (Wildman–Crippen MR) is 74.2 cm³/mol. The number of benzene rings is 1. The van der Waals surface area contributed by atoms with Crippen molar-refractivity contribution in [2.45, 2.75) is 39.2 Å². The van der Waals surface area contributed by atoms with Crippen molar-refractivity contribution in [3.05, 3.63) is 29.8 Å². The van der Waals surface area contributed by atoms with Crippen LogP contribution in [0.4, 0.5) is 5.69 Å². The predicted octanol–water partition coefficient (Wildman–Crippen LogP) is 3.16. The van der Waals surface area contributed by atoms with Crippen molar-refractivity contribution >= 4 is 5.69 Å². The van der Waals surface area contributed by atoms with Gasteiger partial charge in [0.2, 0.25) is 0 Å². The number of hydrogen-bond acceptors (Lipinski definition) is 2. The van der Waals surface area contributed by atoms with Gasteiger partial charge in [-0.15, -0.1) is 0 Å². The molecule has 1 saturated heterocycles. The molecule has 1 aliphatic heterocycles. The quantitative estimate of drug-likeness (QED) is 0.864. The number of hydrogen-bond donors (Lipinski definition) is 1. The maximum Gasteiger partial charge on any atom is 0.0369 e. The van der Waals surface area contributed by atoms with Gasteiger partial charge in [0.1, 0.15) is 0 Å². The highest BCUT2D eigenvalue weighted by Crippen LogP contribution is 2.26. The van der Waals surface area contributed by atoms with Gasteiger partial charge in [0, 0.05) is 25.3 Å². The van der Waals surface area contributed by atoms with Crippen LogP contribution in [0, 0.1) is 5.92 Å². The molecule has 1 aliphatic rings. The molecule has 1 aromatic rings. The average molecular weight is 232 g/mol. The summed E-state index contributed by atoms with van der Waals surface area (Å²) in [7, 11) is 0. The molecule has 0 amide bonds. The van der Waals surface area contributed by atoms with Gasteiger partial charge in [-0.1, -0.05) is 31.9 Å². The van der Waals surface area contributed by atoms with Crippen molar-refractivity contribution in [3.63, 3.8) is 0 Å². The molecule has 0 radical (unpaired) electrons. The lowest BCUT2D eigenvalue weighted by molar-refractivity contribution is 0.378. The van der Waals surface area contributed by atoms with E-state index in [0.29, 0.717) is 6.54 Å². The number of nitrogens with zero attached hydrogens (tertiary/aromatic N) is 1. The van der Waals surface area contributed by atoms with E-state index in [4.69, 9.17) is 5.73 Å². The second kappa shape index (κ2) is 6.06. The molecule has 2 rings (SSSR count). The molecule has 1 heterocycles. The van der Waals surface area contributed by atoms with Gasteiger partial charge in [-0.3, -0.25) is 0 Å². The molecule has 2 nitrogen and oxygen atoms in total. The lowest BCUT2D eigenvalue weighted by Crippen LogP contribution is -2.33. The molecule has 0 aliphatic carbocycles. The van der Waals surface area contributed by atoms with Gasteiger partial charge in [0.05, 0.1) is 0 Å². The zero-order valence-electron chi connectivity index (χ0n) is 10.9. The third-order valence-corrected chi connectivity index (χ3v) is 3.82. The molecule has 0 spiro atoms. The van der Waals surface area contributed by atoms with E-state index in [2.05, 4.69) is 36.1 Å². The first kappa shape index (κ1) is 12.4. The van der Waals surface area contributed by atoms with Crippen molar-refractivity contribution in [3.8, 4) is 0 Å². The van der Waals surface area contributed by atoms with Crippen LogP contribution in [0.3, 0.4) is 0 Å². The second-order valence-corrected chi connectivity index (χ2v) is 5.09. The van der Waals surface area contributed by atoms with E-state index in [1.807, 2.05) is 0 Å². The molecule has 0 saturated carbocycles. The Morgan fingerprint density at radius 2 is 2.06 bits per heavy atom. The van der Waals surface area contributed by atoms with Gasteiger partial charge < -0.3 is 10.6 Å². The number of piperidine rings is 1. The summed E-state index contributed by atoms with van der Waals surface area (Å²) >= 11 is 0. The Morgan fingerprint density at radius 3 is 2.71 bits per heavy atom. The molecular formula is C15H24N2. The van der Waals surface area contributed by atoms with Crippen LogP contribution < -0.4 is 10.6 Å². The maximum absolute atomic E-state index is 5.69. The topological polar surface area (TPSA) is 29.3 Å². The summed E-state index contributed by atoms with van der Waals surface area (Å²) in [6.07, 6.45) is 5.42. The summed E-state index contributed by atoms with van der Waals surface area (Å²) in [5.74, 6) is 0.953. The minimum atomic E-state index is 0.639. The van der Waals surface area contributed by atoms with Gasteiger partial charge in [-0.05, 0) is 36.5 Å². The minimum Gasteiger partial charge on any atom is -0.372 e. The third kappa shape index (κ3) is 3.22. The van der Waals surface area contributed by atoms with E-state index in [1.54, 1.807) is 0 Å². The highest BCUT2D eigenvalue weighted by Gasteiger charge is 2.18. The van der Waals surface area contributed by atoms with Crippen LogP contribution in [-0.2, 0) is 6.54 Å². The fourth-order valence-electron chi connectivity index (χ4n) is 2.77. The van der Waals surface area contributed by atoms with Crippen LogP contribution >= 0.6 is 0 Å². The van der Waals surface area contributed by atoms with E-state index >= 15 is 0 Å². The Kier molecular flexibility index (Phi) is 4.43. The van der Waals surface area contributed by atoms with Crippen LogP contribution in [0.2, 0.25) is 0 Å². The molecule has 2 heteroatoms. The van der Waals surface area contributed by atoms with Gasteiger partial charge in [-0.2, -0.15) is 0 Å². The Morgan fingerprint density at radius 1 is 1.29 bits per heavy atom. The highest BCUT2D eigenvalue weighted by atomic mass is 15.1. The summed E-state index contributed by atoms with van der Waals surface area (Å²) in [5.41, 5.74) is 8.28. The fraction of sp³-hybridized carbons (Fsp3) is 0.600. The van der Waals surface area contributed by atoms with E-state index in [1.165, 1.54) is 50.0 Å². The first-order chi connectivity index (χ1) is 8.33. The molecular weight excluding hydrogens is 208 g/mol. The smallest absolute Gasteiger partial charge is 0.0369 e. The van der Waals surface area contributed by atoms with Crippen molar-refractivity contribution < 1.29 is 0 Å². The molecule has 2 N–H and O–H groups in total. The molecule has 1 fully saturated rings.